The Morgan fingerprint density at radius 3 is 2.23 bits per heavy atom. The van der Waals surface area contributed by atoms with Gasteiger partial charge in [0.05, 0.1) is 6.04 Å². The molecule has 0 bridgehead atoms. The summed E-state index contributed by atoms with van der Waals surface area (Å²) in [5.41, 5.74) is 2.95. The molecule has 5 heteroatoms. The molecule has 5 nitrogen and oxygen atoms in total. The Balaban J connectivity index is 1.29. The highest BCUT2D eigenvalue weighted by Gasteiger charge is 2.35. The molecule has 0 spiro atoms. The Labute approximate surface area is 184 Å². The maximum Gasteiger partial charge on any atom is 0.251 e. The molecule has 1 atom stereocenters. The number of likely N-dealkylation sites (tertiary alicyclic amines) is 1. The van der Waals surface area contributed by atoms with Crippen LogP contribution in [0.25, 0.3) is 0 Å². The van der Waals surface area contributed by atoms with E-state index < -0.39 is 0 Å². The quantitative estimate of drug-likeness (QED) is 0.709. The van der Waals surface area contributed by atoms with E-state index >= 15 is 0 Å². The van der Waals surface area contributed by atoms with Crippen LogP contribution in [-0.2, 0) is 4.79 Å². The van der Waals surface area contributed by atoms with Crippen LogP contribution in [0.5, 0.6) is 5.75 Å². The Kier molecular flexibility index (Phi) is 6.59. The first-order chi connectivity index (χ1) is 15.0. The first kappa shape index (κ1) is 21.4. The summed E-state index contributed by atoms with van der Waals surface area (Å²) in [5, 5.41) is 3.13. The molecule has 0 unspecified atom stereocenters. The monoisotopic (exact) mass is 420 g/mol. The molecule has 1 aliphatic heterocycles. The van der Waals surface area contributed by atoms with Gasteiger partial charge < -0.3 is 15.0 Å². The molecule has 31 heavy (non-hydrogen) atoms. The zero-order valence-electron chi connectivity index (χ0n) is 18.5. The minimum absolute atomic E-state index is 0.00689. The molecule has 164 valence electrons. The molecular formula is C26H32N2O3. The summed E-state index contributed by atoms with van der Waals surface area (Å²) in [4.78, 5) is 26.9. The number of amides is 2. The van der Waals surface area contributed by atoms with Crippen molar-refractivity contribution in [2.45, 2.75) is 58.1 Å². The number of rotatable bonds is 7. The van der Waals surface area contributed by atoms with Crippen molar-refractivity contribution < 1.29 is 14.3 Å². The van der Waals surface area contributed by atoms with Gasteiger partial charge in [-0.2, -0.15) is 0 Å². The van der Waals surface area contributed by atoms with Crippen molar-refractivity contribution in [1.82, 2.24) is 10.2 Å². The summed E-state index contributed by atoms with van der Waals surface area (Å²) in [6, 6.07) is 15.6. The molecule has 2 amide bonds. The van der Waals surface area contributed by atoms with Gasteiger partial charge in [-0.15, -0.1) is 0 Å². The Morgan fingerprint density at radius 2 is 1.65 bits per heavy atom. The van der Waals surface area contributed by atoms with Crippen molar-refractivity contribution in [2.75, 3.05) is 13.1 Å². The number of carbonyl (C=O) groups excluding carboxylic acids is 2. The van der Waals surface area contributed by atoms with Crippen LogP contribution in [0.1, 0.15) is 66.6 Å². The second-order valence-corrected chi connectivity index (χ2v) is 8.79. The van der Waals surface area contributed by atoms with Crippen LogP contribution in [0.15, 0.2) is 48.5 Å². The molecule has 1 heterocycles. The minimum atomic E-state index is -0.0779. The highest BCUT2D eigenvalue weighted by atomic mass is 16.5. The molecular weight excluding hydrogens is 388 g/mol. The molecule has 2 aromatic carbocycles. The summed E-state index contributed by atoms with van der Waals surface area (Å²) in [6.07, 6.45) is 4.77. The fourth-order valence-corrected chi connectivity index (χ4v) is 4.12. The third-order valence-electron chi connectivity index (χ3n) is 6.29. The Morgan fingerprint density at radius 1 is 1.00 bits per heavy atom. The number of ether oxygens (including phenoxy) is 1. The van der Waals surface area contributed by atoms with Crippen LogP contribution in [0.3, 0.4) is 0 Å². The van der Waals surface area contributed by atoms with E-state index in [9.17, 15) is 9.59 Å². The zero-order chi connectivity index (χ0) is 21.8. The topological polar surface area (TPSA) is 58.6 Å². The molecule has 1 aliphatic carbocycles. The van der Waals surface area contributed by atoms with Crippen molar-refractivity contribution in [3.05, 3.63) is 65.2 Å². The summed E-state index contributed by atoms with van der Waals surface area (Å²) in [6.45, 7) is 5.69. The lowest BCUT2D eigenvalue weighted by Gasteiger charge is -2.32. The fourth-order valence-electron chi connectivity index (χ4n) is 4.12. The van der Waals surface area contributed by atoms with Crippen molar-refractivity contribution in [3.63, 3.8) is 0 Å². The van der Waals surface area contributed by atoms with Gasteiger partial charge in [-0.1, -0.05) is 36.8 Å². The fraction of sp³-hybridized carbons (Fsp3) is 0.462. The van der Waals surface area contributed by atoms with E-state index in [1.165, 1.54) is 5.56 Å². The summed E-state index contributed by atoms with van der Waals surface area (Å²) in [5.74, 6) is 1.30. The summed E-state index contributed by atoms with van der Waals surface area (Å²) < 4.78 is 6.11. The number of carbonyl (C=O) groups is 2. The van der Waals surface area contributed by atoms with Crippen LogP contribution < -0.4 is 10.1 Å². The molecule has 1 N–H and O–H groups in total. The molecule has 2 aromatic rings. The summed E-state index contributed by atoms with van der Waals surface area (Å²) in [7, 11) is 0. The highest BCUT2D eigenvalue weighted by Crippen LogP contribution is 2.32. The number of hydrogen-bond donors (Lipinski definition) is 1. The van der Waals surface area contributed by atoms with Gasteiger partial charge in [-0.3, -0.25) is 9.59 Å². The second-order valence-electron chi connectivity index (χ2n) is 8.79. The van der Waals surface area contributed by atoms with Crippen molar-refractivity contribution in [1.29, 1.82) is 0 Å². The number of hydrogen-bond acceptors (Lipinski definition) is 3. The average molecular weight is 421 g/mol. The lowest BCUT2D eigenvalue weighted by atomic mass is 10.0. The lowest BCUT2D eigenvalue weighted by molar-refractivity contribution is -0.134. The maximum atomic E-state index is 12.7. The number of nitrogens with zero attached hydrogens (tertiary/aromatic N) is 1. The summed E-state index contributed by atoms with van der Waals surface area (Å²) >= 11 is 0. The van der Waals surface area contributed by atoms with E-state index in [1.54, 1.807) is 0 Å². The second kappa shape index (κ2) is 9.54. The predicted octanol–water partition coefficient (Wildman–Crippen LogP) is 4.66. The van der Waals surface area contributed by atoms with Gasteiger partial charge in [-0.25, -0.2) is 0 Å². The maximum absolute atomic E-state index is 12.7. The molecule has 1 saturated heterocycles. The number of piperidine rings is 1. The lowest BCUT2D eigenvalue weighted by Crippen LogP contribution is -2.42. The van der Waals surface area contributed by atoms with Gasteiger partial charge in [0.25, 0.3) is 5.91 Å². The normalized spacial score (nSPS) is 17.8. The average Bonchev–Trinajstić information content (AvgIpc) is 3.64. The van der Waals surface area contributed by atoms with E-state index in [4.69, 9.17) is 4.74 Å². The van der Waals surface area contributed by atoms with Gasteiger partial charge in [-0.05, 0) is 56.0 Å². The SMILES string of the molecule is CC[C@H](NC(=O)c1ccc(OC2CCN(C(=O)C3CC3)CC2)cc1)c1ccc(C)cc1. The van der Waals surface area contributed by atoms with Gasteiger partial charge >= 0.3 is 0 Å². The predicted molar refractivity (Wildman–Crippen MR) is 121 cm³/mol. The zero-order valence-corrected chi connectivity index (χ0v) is 18.5. The molecule has 2 fully saturated rings. The number of nitrogens with one attached hydrogen (secondary N) is 1. The Bertz CT molecular complexity index is 895. The molecule has 4 rings (SSSR count). The standard InChI is InChI=1S/C26H32N2O3/c1-3-24(19-6-4-18(2)5-7-19)27-25(29)20-10-12-22(13-11-20)31-23-14-16-28(17-15-23)26(30)21-8-9-21/h4-7,10-13,21,23-24H,3,8-9,14-17H2,1-2H3,(H,27,29)/t24-/m0/s1. The van der Waals surface area contributed by atoms with Crippen LogP contribution in [0.2, 0.25) is 0 Å². The van der Waals surface area contributed by atoms with Gasteiger partial charge in [0.1, 0.15) is 11.9 Å². The molecule has 0 aromatic heterocycles. The highest BCUT2D eigenvalue weighted by molar-refractivity contribution is 5.94. The first-order valence-corrected chi connectivity index (χ1v) is 11.5. The van der Waals surface area contributed by atoms with Gasteiger partial charge in [0.15, 0.2) is 0 Å². The minimum Gasteiger partial charge on any atom is -0.490 e. The van der Waals surface area contributed by atoms with Crippen molar-refractivity contribution >= 4 is 11.8 Å². The van der Waals surface area contributed by atoms with E-state index in [2.05, 4.69) is 43.4 Å². The van der Waals surface area contributed by atoms with E-state index in [1.807, 2.05) is 29.2 Å². The number of benzene rings is 2. The Hall–Kier alpha value is -2.82. The largest absolute Gasteiger partial charge is 0.490 e. The molecule has 0 radical (unpaired) electrons. The van der Waals surface area contributed by atoms with Crippen LogP contribution >= 0.6 is 0 Å². The van der Waals surface area contributed by atoms with Crippen LogP contribution in [0.4, 0.5) is 0 Å². The van der Waals surface area contributed by atoms with Gasteiger partial charge in [0.2, 0.25) is 5.91 Å². The van der Waals surface area contributed by atoms with Crippen molar-refractivity contribution in [2.24, 2.45) is 5.92 Å². The van der Waals surface area contributed by atoms with Gasteiger partial charge in [0, 0.05) is 37.4 Å². The van der Waals surface area contributed by atoms with Crippen LogP contribution in [0, 0.1) is 12.8 Å². The van der Waals surface area contributed by atoms with Crippen molar-refractivity contribution in [3.8, 4) is 5.75 Å². The third kappa shape index (κ3) is 5.46. The van der Waals surface area contributed by atoms with E-state index in [0.29, 0.717) is 11.5 Å². The number of aryl methyl sites for hydroxylation is 1. The van der Waals surface area contributed by atoms with Crippen LogP contribution in [-0.4, -0.2) is 35.9 Å². The third-order valence-corrected chi connectivity index (χ3v) is 6.29. The van der Waals surface area contributed by atoms with E-state index in [-0.39, 0.29) is 24.0 Å². The first-order valence-electron chi connectivity index (χ1n) is 11.5. The smallest absolute Gasteiger partial charge is 0.251 e. The van der Waals surface area contributed by atoms with E-state index in [0.717, 1.165) is 56.5 Å². The molecule has 2 aliphatic rings. The molecule has 1 saturated carbocycles.